The molecule has 1 saturated heterocycles. The summed E-state index contributed by atoms with van der Waals surface area (Å²) in [6.07, 6.45) is 3.23. The molecule has 1 aromatic carbocycles. The largest absolute Gasteiger partial charge is 0.493 e. The lowest BCUT2D eigenvalue weighted by molar-refractivity contribution is 0.0674. The van der Waals surface area contributed by atoms with E-state index in [1.54, 1.807) is 0 Å². The van der Waals surface area contributed by atoms with Gasteiger partial charge in [0.1, 0.15) is 5.75 Å². The fourth-order valence-electron chi connectivity index (χ4n) is 3.21. The summed E-state index contributed by atoms with van der Waals surface area (Å²) in [6, 6.07) is 5.84. The number of fused-ring (bicyclic) bond motifs is 1. The van der Waals surface area contributed by atoms with Crippen LogP contribution >= 0.6 is 0 Å². The van der Waals surface area contributed by atoms with Crippen molar-refractivity contribution in [3.8, 4) is 5.75 Å². The van der Waals surface area contributed by atoms with Crippen molar-refractivity contribution in [3.05, 3.63) is 29.3 Å². The van der Waals surface area contributed by atoms with Gasteiger partial charge in [0.05, 0.1) is 6.61 Å². The number of hydrogen-bond donors (Lipinski definition) is 1. The van der Waals surface area contributed by atoms with Gasteiger partial charge in [-0.2, -0.15) is 0 Å². The Bertz CT molecular complexity index is 499. The number of carbonyl (C=O) groups is 1. The molecule has 0 aliphatic carbocycles. The molecule has 2 aliphatic rings. The van der Waals surface area contributed by atoms with Gasteiger partial charge in [0.2, 0.25) is 0 Å². The summed E-state index contributed by atoms with van der Waals surface area (Å²) in [4.78, 5) is 14.6. The van der Waals surface area contributed by atoms with Gasteiger partial charge in [-0.3, -0.25) is 4.79 Å². The Morgan fingerprint density at radius 1 is 1.50 bits per heavy atom. The topological polar surface area (TPSA) is 41.6 Å². The Morgan fingerprint density at radius 2 is 2.40 bits per heavy atom. The van der Waals surface area contributed by atoms with Gasteiger partial charge < -0.3 is 15.0 Å². The standard InChI is InChI=1S/C16H22N2O2/c1-17-10-12-3-2-7-18(11-12)16(19)14-4-5-15-13(9-14)6-8-20-15/h4-5,9,12,17H,2-3,6-8,10-11H2,1H3/t12-/m0/s1. The number of nitrogens with one attached hydrogen (secondary N) is 1. The SMILES string of the molecule is CNC[C@@H]1CCCN(C(=O)c2ccc3c(c2)CCO3)C1. The van der Waals surface area contributed by atoms with Crippen molar-refractivity contribution < 1.29 is 9.53 Å². The van der Waals surface area contributed by atoms with Crippen LogP contribution in [0.2, 0.25) is 0 Å². The molecule has 3 rings (SSSR count). The molecule has 4 heteroatoms. The number of carbonyl (C=O) groups excluding carboxylic acids is 1. The molecule has 1 aromatic rings. The Hall–Kier alpha value is -1.55. The van der Waals surface area contributed by atoms with Gasteiger partial charge >= 0.3 is 0 Å². The van der Waals surface area contributed by atoms with Crippen molar-refractivity contribution in [2.24, 2.45) is 5.92 Å². The number of rotatable bonds is 3. The van der Waals surface area contributed by atoms with Gasteiger partial charge in [-0.05, 0) is 56.1 Å². The molecule has 2 aliphatic heterocycles. The summed E-state index contributed by atoms with van der Waals surface area (Å²) < 4.78 is 5.49. The van der Waals surface area contributed by atoms with Crippen molar-refractivity contribution >= 4 is 5.91 Å². The first-order valence-electron chi connectivity index (χ1n) is 7.47. The first kappa shape index (κ1) is 13.4. The number of nitrogens with zero attached hydrogens (tertiary/aromatic N) is 1. The number of likely N-dealkylation sites (tertiary alicyclic amines) is 1. The van der Waals surface area contributed by atoms with E-state index in [9.17, 15) is 4.79 Å². The summed E-state index contributed by atoms with van der Waals surface area (Å²) in [5.41, 5.74) is 1.97. The number of ether oxygens (including phenoxy) is 1. The van der Waals surface area contributed by atoms with Gasteiger partial charge in [0, 0.05) is 25.1 Å². The summed E-state index contributed by atoms with van der Waals surface area (Å²) >= 11 is 0. The zero-order valence-corrected chi connectivity index (χ0v) is 12.0. The van der Waals surface area contributed by atoms with Gasteiger partial charge in [0.15, 0.2) is 0 Å². The number of benzene rings is 1. The molecular formula is C16H22N2O2. The third-order valence-corrected chi connectivity index (χ3v) is 4.24. The molecule has 20 heavy (non-hydrogen) atoms. The second kappa shape index (κ2) is 5.83. The molecule has 0 bridgehead atoms. The van der Waals surface area contributed by atoms with Crippen LogP contribution in [0, 0.1) is 5.92 Å². The molecule has 108 valence electrons. The van der Waals surface area contributed by atoms with Crippen LogP contribution in [0.5, 0.6) is 5.75 Å². The second-order valence-electron chi connectivity index (χ2n) is 5.74. The van der Waals surface area contributed by atoms with Crippen LogP contribution in [0.4, 0.5) is 0 Å². The molecule has 1 N–H and O–H groups in total. The third kappa shape index (κ3) is 2.66. The summed E-state index contributed by atoms with van der Waals surface area (Å²) in [7, 11) is 1.97. The average Bonchev–Trinajstić information content (AvgIpc) is 2.94. The van der Waals surface area contributed by atoms with Crippen LogP contribution in [-0.4, -0.2) is 44.1 Å². The third-order valence-electron chi connectivity index (χ3n) is 4.24. The fraction of sp³-hybridized carbons (Fsp3) is 0.562. The lowest BCUT2D eigenvalue weighted by Gasteiger charge is -2.32. The van der Waals surface area contributed by atoms with Gasteiger partial charge in [-0.25, -0.2) is 0 Å². The maximum absolute atomic E-state index is 12.6. The minimum atomic E-state index is 0.167. The number of piperidine rings is 1. The fourth-order valence-corrected chi connectivity index (χ4v) is 3.21. The molecule has 4 nitrogen and oxygen atoms in total. The molecule has 0 spiro atoms. The molecule has 0 saturated carbocycles. The average molecular weight is 274 g/mol. The molecule has 0 unspecified atom stereocenters. The highest BCUT2D eigenvalue weighted by molar-refractivity contribution is 5.94. The summed E-state index contributed by atoms with van der Waals surface area (Å²) in [6.45, 7) is 3.47. The van der Waals surface area contributed by atoms with Gasteiger partial charge in [-0.1, -0.05) is 0 Å². The van der Waals surface area contributed by atoms with E-state index in [1.165, 1.54) is 12.0 Å². The van der Waals surface area contributed by atoms with Crippen LogP contribution in [0.25, 0.3) is 0 Å². The minimum absolute atomic E-state index is 0.167. The van der Waals surface area contributed by atoms with Gasteiger partial charge in [-0.15, -0.1) is 0 Å². The number of amides is 1. The molecular weight excluding hydrogens is 252 g/mol. The van der Waals surface area contributed by atoms with Crippen molar-refractivity contribution in [1.29, 1.82) is 0 Å². The van der Waals surface area contributed by atoms with Crippen molar-refractivity contribution in [2.75, 3.05) is 33.3 Å². The van der Waals surface area contributed by atoms with E-state index in [1.807, 2.05) is 30.1 Å². The predicted molar refractivity (Wildman–Crippen MR) is 78.2 cm³/mol. The quantitative estimate of drug-likeness (QED) is 0.912. The van der Waals surface area contributed by atoms with E-state index < -0.39 is 0 Å². The smallest absolute Gasteiger partial charge is 0.253 e. The highest BCUT2D eigenvalue weighted by Gasteiger charge is 2.25. The highest BCUT2D eigenvalue weighted by Crippen LogP contribution is 2.27. The minimum Gasteiger partial charge on any atom is -0.493 e. The molecule has 0 radical (unpaired) electrons. The molecule has 1 amide bonds. The Morgan fingerprint density at radius 3 is 3.25 bits per heavy atom. The lowest BCUT2D eigenvalue weighted by Crippen LogP contribution is -2.42. The lowest BCUT2D eigenvalue weighted by atomic mass is 9.97. The Balaban J connectivity index is 1.72. The van der Waals surface area contributed by atoms with Crippen molar-refractivity contribution in [1.82, 2.24) is 10.2 Å². The van der Waals surface area contributed by atoms with E-state index in [0.717, 1.165) is 50.4 Å². The first-order chi connectivity index (χ1) is 9.78. The number of hydrogen-bond acceptors (Lipinski definition) is 3. The van der Waals surface area contributed by atoms with Crippen molar-refractivity contribution in [2.45, 2.75) is 19.3 Å². The van der Waals surface area contributed by atoms with E-state index >= 15 is 0 Å². The monoisotopic (exact) mass is 274 g/mol. The zero-order chi connectivity index (χ0) is 13.9. The maximum atomic E-state index is 12.6. The van der Waals surface area contributed by atoms with Crippen LogP contribution in [0.3, 0.4) is 0 Å². The molecule has 0 aromatic heterocycles. The molecule has 1 fully saturated rings. The van der Waals surface area contributed by atoms with E-state index in [2.05, 4.69) is 5.32 Å². The molecule has 1 atom stereocenters. The normalized spacial score (nSPS) is 21.4. The van der Waals surface area contributed by atoms with E-state index in [-0.39, 0.29) is 5.91 Å². The predicted octanol–water partition coefficient (Wildman–Crippen LogP) is 1.69. The zero-order valence-electron chi connectivity index (χ0n) is 12.0. The summed E-state index contributed by atoms with van der Waals surface area (Å²) in [5.74, 6) is 1.68. The molecule has 2 heterocycles. The first-order valence-corrected chi connectivity index (χ1v) is 7.47. The van der Waals surface area contributed by atoms with Crippen LogP contribution in [-0.2, 0) is 6.42 Å². The van der Waals surface area contributed by atoms with Crippen LogP contribution in [0.15, 0.2) is 18.2 Å². The van der Waals surface area contributed by atoms with E-state index in [0.29, 0.717) is 5.92 Å². The van der Waals surface area contributed by atoms with Crippen LogP contribution < -0.4 is 10.1 Å². The van der Waals surface area contributed by atoms with Crippen molar-refractivity contribution in [3.63, 3.8) is 0 Å². The second-order valence-corrected chi connectivity index (χ2v) is 5.74. The summed E-state index contributed by atoms with van der Waals surface area (Å²) in [5, 5.41) is 3.22. The van der Waals surface area contributed by atoms with Gasteiger partial charge in [0.25, 0.3) is 5.91 Å². The maximum Gasteiger partial charge on any atom is 0.253 e. The van der Waals surface area contributed by atoms with Crippen LogP contribution in [0.1, 0.15) is 28.8 Å². The highest BCUT2D eigenvalue weighted by atomic mass is 16.5. The van der Waals surface area contributed by atoms with E-state index in [4.69, 9.17) is 4.74 Å². The Labute approximate surface area is 120 Å². The Kier molecular flexibility index (Phi) is 3.92.